The van der Waals surface area contributed by atoms with Crippen LogP contribution in [0, 0.1) is 9.39 Å². The summed E-state index contributed by atoms with van der Waals surface area (Å²) in [5.41, 5.74) is 7.20. The fraction of sp³-hybridized carbons (Fsp3) is 0.364. The van der Waals surface area contributed by atoms with E-state index in [1.54, 1.807) is 16.9 Å². The van der Waals surface area contributed by atoms with Crippen LogP contribution in [0.3, 0.4) is 0 Å². The normalized spacial score (nSPS) is 13.1. The van der Waals surface area contributed by atoms with Crippen molar-refractivity contribution in [3.63, 3.8) is 0 Å². The molecule has 0 aliphatic carbocycles. The van der Waals surface area contributed by atoms with Crippen molar-refractivity contribution in [1.29, 1.82) is 0 Å². The second-order valence-corrected chi connectivity index (χ2v) is 6.72. The minimum absolute atomic E-state index is 0.275. The molecule has 0 bridgehead atoms. The first-order chi connectivity index (χ1) is 8.49. The third kappa shape index (κ3) is 2.82. The molecule has 0 aliphatic heterocycles. The summed E-state index contributed by atoms with van der Waals surface area (Å²) in [4.78, 5) is 4.21. The van der Waals surface area contributed by atoms with Crippen molar-refractivity contribution in [3.05, 3.63) is 21.5 Å². The van der Waals surface area contributed by atoms with Crippen molar-refractivity contribution in [2.75, 3.05) is 17.7 Å². The zero-order valence-corrected chi connectivity index (χ0v) is 12.8. The highest BCUT2D eigenvalue weighted by Gasteiger charge is 2.11. The standard InChI is InChI=1S/C11H13FIN3OS/c1-18(17)4-2-3-16-10-5-7(12)8(13)6-9(10)15-11(16)14/h5-6H,2-4H2,1H3,(H2,14,15). The molecule has 1 atom stereocenters. The lowest BCUT2D eigenvalue weighted by molar-refractivity contribution is 0.620. The molecule has 1 aromatic heterocycles. The van der Waals surface area contributed by atoms with Gasteiger partial charge in [-0.05, 0) is 35.1 Å². The lowest BCUT2D eigenvalue weighted by Gasteiger charge is -2.05. The van der Waals surface area contributed by atoms with Crippen LogP contribution in [0.5, 0.6) is 0 Å². The number of aryl methyl sites for hydroxylation is 1. The number of fused-ring (bicyclic) bond motifs is 1. The topological polar surface area (TPSA) is 60.9 Å². The highest BCUT2D eigenvalue weighted by atomic mass is 127. The molecule has 0 saturated heterocycles. The number of aromatic nitrogens is 2. The molecule has 2 rings (SSSR count). The summed E-state index contributed by atoms with van der Waals surface area (Å²) in [5, 5.41) is 0. The second kappa shape index (κ2) is 5.52. The zero-order valence-electron chi connectivity index (χ0n) is 9.82. The Morgan fingerprint density at radius 3 is 2.94 bits per heavy atom. The van der Waals surface area contributed by atoms with E-state index in [4.69, 9.17) is 5.73 Å². The van der Waals surface area contributed by atoms with Gasteiger partial charge in [0.1, 0.15) is 5.82 Å². The minimum atomic E-state index is -0.825. The molecule has 0 amide bonds. The number of nitrogens with two attached hydrogens (primary N) is 1. The Kier molecular flexibility index (Phi) is 4.21. The van der Waals surface area contributed by atoms with Crippen molar-refractivity contribution < 1.29 is 8.60 Å². The van der Waals surface area contributed by atoms with Gasteiger partial charge < -0.3 is 10.3 Å². The molecule has 0 spiro atoms. The van der Waals surface area contributed by atoms with Crippen molar-refractivity contribution in [2.45, 2.75) is 13.0 Å². The molecule has 0 aliphatic rings. The van der Waals surface area contributed by atoms with Crippen LogP contribution in [0.15, 0.2) is 12.1 Å². The average Bonchev–Trinajstić information content (AvgIpc) is 2.56. The monoisotopic (exact) mass is 381 g/mol. The van der Waals surface area contributed by atoms with Gasteiger partial charge in [0.15, 0.2) is 0 Å². The Morgan fingerprint density at radius 2 is 2.28 bits per heavy atom. The molecule has 98 valence electrons. The summed E-state index contributed by atoms with van der Waals surface area (Å²) in [7, 11) is -0.825. The summed E-state index contributed by atoms with van der Waals surface area (Å²) in [6.07, 6.45) is 2.39. The predicted molar refractivity (Wildman–Crippen MR) is 80.4 cm³/mol. The molecule has 4 nitrogen and oxygen atoms in total. The minimum Gasteiger partial charge on any atom is -0.369 e. The third-order valence-corrected chi connectivity index (χ3v) is 4.32. The molecule has 0 saturated carbocycles. The number of hydrogen-bond donors (Lipinski definition) is 1. The molecular formula is C11H13FIN3OS. The van der Waals surface area contributed by atoms with E-state index in [0.717, 1.165) is 6.42 Å². The number of halogens is 2. The number of anilines is 1. The van der Waals surface area contributed by atoms with E-state index >= 15 is 0 Å². The number of imidazole rings is 1. The number of benzene rings is 1. The van der Waals surface area contributed by atoms with E-state index in [1.165, 1.54) is 6.07 Å². The lowest BCUT2D eigenvalue weighted by atomic mass is 10.3. The first kappa shape index (κ1) is 13.7. The largest absolute Gasteiger partial charge is 0.369 e. The van der Waals surface area contributed by atoms with Gasteiger partial charge in [-0.2, -0.15) is 0 Å². The Labute approximate surface area is 120 Å². The van der Waals surface area contributed by atoms with Gasteiger partial charge in [-0.25, -0.2) is 9.37 Å². The van der Waals surface area contributed by atoms with Crippen molar-refractivity contribution in [1.82, 2.24) is 9.55 Å². The third-order valence-electron chi connectivity index (χ3n) is 2.63. The number of rotatable bonds is 4. The zero-order chi connectivity index (χ0) is 13.3. The molecule has 0 radical (unpaired) electrons. The molecule has 7 heteroatoms. The van der Waals surface area contributed by atoms with Gasteiger partial charge in [-0.1, -0.05) is 0 Å². The highest BCUT2D eigenvalue weighted by molar-refractivity contribution is 14.1. The van der Waals surface area contributed by atoms with Crippen LogP contribution >= 0.6 is 22.6 Å². The SMILES string of the molecule is CS(=O)CCCn1c(N)nc2cc(I)c(F)cc21. The Hall–Kier alpha value is -0.700. The van der Waals surface area contributed by atoms with E-state index in [-0.39, 0.29) is 5.82 Å². The summed E-state index contributed by atoms with van der Waals surface area (Å²) >= 11 is 1.93. The Bertz CT molecular complexity index is 614. The lowest BCUT2D eigenvalue weighted by Crippen LogP contribution is -2.06. The van der Waals surface area contributed by atoms with E-state index in [0.29, 0.717) is 32.8 Å². The van der Waals surface area contributed by atoms with Crippen molar-refractivity contribution >= 4 is 50.4 Å². The molecule has 1 aromatic carbocycles. The summed E-state index contributed by atoms with van der Waals surface area (Å²) in [6, 6.07) is 3.12. The van der Waals surface area contributed by atoms with Crippen molar-refractivity contribution in [2.24, 2.45) is 0 Å². The van der Waals surface area contributed by atoms with Crippen molar-refractivity contribution in [3.8, 4) is 0 Å². The summed E-state index contributed by atoms with van der Waals surface area (Å²) in [6.45, 7) is 0.599. The van der Waals surface area contributed by atoms with E-state index in [2.05, 4.69) is 4.98 Å². The molecular weight excluding hydrogens is 368 g/mol. The maximum Gasteiger partial charge on any atom is 0.201 e. The van der Waals surface area contributed by atoms with Gasteiger partial charge >= 0.3 is 0 Å². The molecule has 1 unspecified atom stereocenters. The quantitative estimate of drug-likeness (QED) is 0.826. The van der Waals surface area contributed by atoms with Crippen LogP contribution in [0.2, 0.25) is 0 Å². The summed E-state index contributed by atoms with van der Waals surface area (Å²) < 4.78 is 26.9. The van der Waals surface area contributed by atoms with Crippen LogP contribution in [0.25, 0.3) is 11.0 Å². The van der Waals surface area contributed by atoms with E-state index in [1.807, 2.05) is 22.6 Å². The smallest absolute Gasteiger partial charge is 0.201 e. The number of nitrogen functional groups attached to an aromatic ring is 1. The van der Waals surface area contributed by atoms with E-state index in [9.17, 15) is 8.60 Å². The predicted octanol–water partition coefficient (Wildman–Crippen LogP) is 2.13. The number of hydrogen-bond acceptors (Lipinski definition) is 3. The first-order valence-corrected chi connectivity index (χ1v) is 8.20. The maximum absolute atomic E-state index is 13.6. The molecule has 18 heavy (non-hydrogen) atoms. The molecule has 1 heterocycles. The van der Waals surface area contributed by atoms with Gasteiger partial charge in [-0.3, -0.25) is 4.21 Å². The highest BCUT2D eigenvalue weighted by Crippen LogP contribution is 2.23. The van der Waals surface area contributed by atoms with Gasteiger partial charge in [-0.15, -0.1) is 0 Å². The fourth-order valence-electron chi connectivity index (χ4n) is 1.80. The van der Waals surface area contributed by atoms with Gasteiger partial charge in [0, 0.05) is 35.4 Å². The van der Waals surface area contributed by atoms with Crippen LogP contribution < -0.4 is 5.73 Å². The Balaban J connectivity index is 2.34. The van der Waals surface area contributed by atoms with Gasteiger partial charge in [0.25, 0.3) is 0 Å². The second-order valence-electron chi connectivity index (χ2n) is 4.01. The van der Waals surface area contributed by atoms with Crippen LogP contribution in [0.1, 0.15) is 6.42 Å². The average molecular weight is 381 g/mol. The van der Waals surface area contributed by atoms with Crippen LogP contribution in [0.4, 0.5) is 10.3 Å². The van der Waals surface area contributed by atoms with Gasteiger partial charge in [0.05, 0.1) is 14.6 Å². The molecule has 2 aromatic rings. The van der Waals surface area contributed by atoms with Gasteiger partial charge in [0.2, 0.25) is 5.95 Å². The molecule has 2 N–H and O–H groups in total. The summed E-state index contributed by atoms with van der Waals surface area (Å²) in [5.74, 6) is 0.697. The fourth-order valence-corrected chi connectivity index (χ4v) is 2.79. The molecule has 0 fully saturated rings. The maximum atomic E-state index is 13.6. The Morgan fingerprint density at radius 1 is 1.56 bits per heavy atom. The van der Waals surface area contributed by atoms with Crippen LogP contribution in [-0.4, -0.2) is 25.8 Å². The first-order valence-electron chi connectivity index (χ1n) is 5.40. The van der Waals surface area contributed by atoms with E-state index < -0.39 is 10.8 Å². The number of nitrogens with zero attached hydrogens (tertiary/aromatic N) is 2. The van der Waals surface area contributed by atoms with Crippen LogP contribution in [-0.2, 0) is 17.3 Å².